The van der Waals surface area contributed by atoms with Crippen LogP contribution in [-0.2, 0) is 0 Å². The molecule has 0 saturated carbocycles. The van der Waals surface area contributed by atoms with Gasteiger partial charge in [-0.2, -0.15) is 0 Å². The van der Waals surface area contributed by atoms with Gasteiger partial charge in [0.2, 0.25) is 0 Å². The van der Waals surface area contributed by atoms with E-state index in [9.17, 15) is 0 Å². The second-order valence-electron chi connectivity index (χ2n) is 1.75. The molecule has 0 heterocycles. The van der Waals surface area contributed by atoms with Crippen LogP contribution in [0.4, 0.5) is 0 Å². The van der Waals surface area contributed by atoms with Gasteiger partial charge in [-0.3, -0.25) is 0 Å². The topological polar surface area (TPSA) is 53.5 Å². The molecule has 0 fully saturated rings. The van der Waals surface area contributed by atoms with Gasteiger partial charge in [0.25, 0.3) is 0 Å². The molecule has 0 amide bonds. The number of aliphatic hydroxyl groups is 1. The summed E-state index contributed by atoms with van der Waals surface area (Å²) in [5.41, 5.74) is 0. The molecular formula is C6H16NNaO2. The summed E-state index contributed by atoms with van der Waals surface area (Å²) in [6.45, 7) is 7.36. The SMILES string of the molecule is CCN(CC)CCO.[Na+].[OH-]. The van der Waals surface area contributed by atoms with Crippen molar-refractivity contribution in [2.75, 3.05) is 26.2 Å². The molecule has 0 spiro atoms. The van der Waals surface area contributed by atoms with Crippen LogP contribution in [0.2, 0.25) is 0 Å². The zero-order valence-corrected chi connectivity index (χ0v) is 9.17. The average molecular weight is 157 g/mol. The van der Waals surface area contributed by atoms with Crippen LogP contribution >= 0.6 is 0 Å². The van der Waals surface area contributed by atoms with E-state index in [1.165, 1.54) is 0 Å². The number of rotatable bonds is 4. The maximum absolute atomic E-state index is 8.46. The molecular weight excluding hydrogens is 141 g/mol. The Bertz CT molecular complexity index is 51.0. The number of likely N-dealkylation sites (N-methyl/N-ethyl adjacent to an activating group) is 1. The van der Waals surface area contributed by atoms with Crippen LogP contribution < -0.4 is 29.6 Å². The van der Waals surface area contributed by atoms with E-state index in [4.69, 9.17) is 5.11 Å². The van der Waals surface area contributed by atoms with Crippen molar-refractivity contribution in [3.05, 3.63) is 0 Å². The molecule has 0 atom stereocenters. The van der Waals surface area contributed by atoms with E-state index in [1.807, 2.05) is 0 Å². The van der Waals surface area contributed by atoms with E-state index in [0.717, 1.165) is 19.6 Å². The van der Waals surface area contributed by atoms with Crippen molar-refractivity contribution < 1.29 is 40.1 Å². The normalized spacial score (nSPS) is 8.40. The van der Waals surface area contributed by atoms with Gasteiger partial charge in [0.1, 0.15) is 0 Å². The summed E-state index contributed by atoms with van der Waals surface area (Å²) in [5, 5.41) is 8.46. The van der Waals surface area contributed by atoms with E-state index in [-0.39, 0.29) is 41.6 Å². The molecule has 10 heavy (non-hydrogen) atoms. The van der Waals surface area contributed by atoms with E-state index in [0.29, 0.717) is 0 Å². The molecule has 0 aromatic rings. The monoisotopic (exact) mass is 157 g/mol. The number of nitrogens with zero attached hydrogens (tertiary/aromatic N) is 1. The van der Waals surface area contributed by atoms with Gasteiger partial charge in [-0.25, -0.2) is 0 Å². The van der Waals surface area contributed by atoms with E-state index in [2.05, 4.69) is 18.7 Å². The molecule has 3 nitrogen and oxygen atoms in total. The summed E-state index contributed by atoms with van der Waals surface area (Å²) in [4.78, 5) is 2.18. The zero-order valence-electron chi connectivity index (χ0n) is 7.17. The van der Waals surface area contributed by atoms with E-state index in [1.54, 1.807) is 0 Å². The third-order valence-corrected chi connectivity index (χ3v) is 1.31. The predicted molar refractivity (Wildman–Crippen MR) is 36.8 cm³/mol. The van der Waals surface area contributed by atoms with Gasteiger partial charge in [-0.1, -0.05) is 13.8 Å². The molecule has 2 N–H and O–H groups in total. The summed E-state index contributed by atoms with van der Waals surface area (Å²) >= 11 is 0. The quantitative estimate of drug-likeness (QED) is 0.447. The minimum absolute atomic E-state index is 0. The van der Waals surface area contributed by atoms with Crippen LogP contribution in [0.15, 0.2) is 0 Å². The fourth-order valence-electron chi connectivity index (χ4n) is 0.681. The van der Waals surface area contributed by atoms with Gasteiger partial charge in [0.15, 0.2) is 0 Å². The maximum Gasteiger partial charge on any atom is 1.00 e. The van der Waals surface area contributed by atoms with Crippen molar-refractivity contribution >= 4 is 0 Å². The Morgan fingerprint density at radius 3 is 1.70 bits per heavy atom. The number of aliphatic hydroxyl groups excluding tert-OH is 1. The second-order valence-corrected chi connectivity index (χ2v) is 1.75. The summed E-state index contributed by atoms with van der Waals surface area (Å²) in [6, 6.07) is 0. The maximum atomic E-state index is 8.46. The molecule has 0 aromatic heterocycles. The predicted octanol–water partition coefficient (Wildman–Crippen LogP) is -2.85. The van der Waals surface area contributed by atoms with Crippen LogP contribution in [0, 0.1) is 0 Å². The Kier molecular flexibility index (Phi) is 21.5. The summed E-state index contributed by atoms with van der Waals surface area (Å²) < 4.78 is 0. The van der Waals surface area contributed by atoms with Gasteiger partial charge in [0, 0.05) is 6.54 Å². The Balaban J connectivity index is -0.000000245. The molecule has 4 heteroatoms. The molecule has 0 aliphatic carbocycles. The Morgan fingerprint density at radius 2 is 1.60 bits per heavy atom. The van der Waals surface area contributed by atoms with Gasteiger partial charge >= 0.3 is 29.6 Å². The van der Waals surface area contributed by atoms with Crippen molar-refractivity contribution in [3.8, 4) is 0 Å². The molecule has 0 aliphatic rings. The van der Waals surface area contributed by atoms with Crippen molar-refractivity contribution in [1.29, 1.82) is 0 Å². The third kappa shape index (κ3) is 8.88. The van der Waals surface area contributed by atoms with E-state index >= 15 is 0 Å². The summed E-state index contributed by atoms with van der Waals surface area (Å²) in [7, 11) is 0. The first-order valence-electron chi connectivity index (χ1n) is 3.18. The van der Waals surface area contributed by atoms with Gasteiger partial charge < -0.3 is 15.5 Å². The van der Waals surface area contributed by atoms with Crippen molar-refractivity contribution in [2.45, 2.75) is 13.8 Å². The van der Waals surface area contributed by atoms with Gasteiger partial charge in [-0.05, 0) is 13.1 Å². The molecule has 0 unspecified atom stereocenters. The largest absolute Gasteiger partial charge is 1.00 e. The van der Waals surface area contributed by atoms with E-state index < -0.39 is 0 Å². The minimum atomic E-state index is 0. The first kappa shape index (κ1) is 17.1. The van der Waals surface area contributed by atoms with Crippen molar-refractivity contribution in [2.24, 2.45) is 0 Å². The molecule has 58 valence electrons. The molecule has 0 radical (unpaired) electrons. The van der Waals surface area contributed by atoms with Crippen LogP contribution in [0.25, 0.3) is 0 Å². The fourth-order valence-corrected chi connectivity index (χ4v) is 0.681. The molecule has 0 aromatic carbocycles. The van der Waals surface area contributed by atoms with Gasteiger partial charge in [0.05, 0.1) is 6.61 Å². The van der Waals surface area contributed by atoms with Crippen molar-refractivity contribution in [3.63, 3.8) is 0 Å². The first-order valence-corrected chi connectivity index (χ1v) is 3.18. The average Bonchev–Trinajstić information content (AvgIpc) is 1.83. The second kappa shape index (κ2) is 12.5. The van der Waals surface area contributed by atoms with Gasteiger partial charge in [-0.15, -0.1) is 0 Å². The van der Waals surface area contributed by atoms with Crippen LogP contribution in [0.5, 0.6) is 0 Å². The zero-order chi connectivity index (χ0) is 6.41. The number of hydrogen-bond acceptors (Lipinski definition) is 3. The summed E-state index contributed by atoms with van der Waals surface area (Å²) in [5.74, 6) is 0. The smallest absolute Gasteiger partial charge is 0.870 e. The van der Waals surface area contributed by atoms with Crippen molar-refractivity contribution in [1.82, 2.24) is 4.90 Å². The Morgan fingerprint density at radius 1 is 1.20 bits per heavy atom. The molecule has 0 bridgehead atoms. The Hall–Kier alpha value is 0.880. The first-order chi connectivity index (χ1) is 3.85. The molecule has 0 rings (SSSR count). The third-order valence-electron chi connectivity index (χ3n) is 1.31. The Labute approximate surface area is 85.0 Å². The summed E-state index contributed by atoms with van der Waals surface area (Å²) in [6.07, 6.45) is 0. The van der Waals surface area contributed by atoms with Crippen LogP contribution in [0.3, 0.4) is 0 Å². The van der Waals surface area contributed by atoms with Crippen LogP contribution in [0.1, 0.15) is 13.8 Å². The number of hydrogen-bond donors (Lipinski definition) is 1. The standard InChI is InChI=1S/C6H15NO.Na.H2O/c1-3-7(4-2)5-6-8;;/h8H,3-6H2,1-2H3;;1H2/q;+1;/p-1. The van der Waals surface area contributed by atoms with Crippen LogP contribution in [-0.4, -0.2) is 41.7 Å². The fraction of sp³-hybridized carbons (Fsp3) is 1.00. The minimum Gasteiger partial charge on any atom is -0.870 e. The molecule has 0 aliphatic heterocycles. The molecule has 0 saturated heterocycles.